The highest BCUT2D eigenvalue weighted by Gasteiger charge is 2.17. The van der Waals surface area contributed by atoms with Crippen molar-refractivity contribution in [1.82, 2.24) is 0 Å². The molecule has 0 aromatic heterocycles. The molecule has 5 nitrogen and oxygen atoms in total. The van der Waals surface area contributed by atoms with Crippen molar-refractivity contribution in [3.8, 4) is 11.5 Å². The number of aliphatic carboxylic acids is 1. The van der Waals surface area contributed by atoms with Gasteiger partial charge in [0.15, 0.2) is 0 Å². The van der Waals surface area contributed by atoms with Crippen LogP contribution in [0.1, 0.15) is 30.9 Å². The smallest absolute Gasteiger partial charge is 0.303 e. The van der Waals surface area contributed by atoms with E-state index in [1.165, 1.54) is 0 Å². The van der Waals surface area contributed by atoms with E-state index in [0.29, 0.717) is 24.3 Å². The lowest BCUT2D eigenvalue weighted by Crippen LogP contribution is -2.13. The van der Waals surface area contributed by atoms with Crippen LogP contribution in [0, 0.1) is 0 Å². The molecule has 0 bridgehead atoms. The van der Waals surface area contributed by atoms with Crippen molar-refractivity contribution in [2.45, 2.75) is 25.3 Å². The van der Waals surface area contributed by atoms with Gasteiger partial charge in [0.05, 0.1) is 19.8 Å². The summed E-state index contributed by atoms with van der Waals surface area (Å²) in [6.45, 7) is 0. The van der Waals surface area contributed by atoms with Crippen LogP contribution in [0.4, 0.5) is 0 Å². The molecule has 5 heteroatoms. The maximum atomic E-state index is 10.5. The van der Waals surface area contributed by atoms with Gasteiger partial charge in [-0.15, -0.1) is 0 Å². The normalized spacial score (nSPS) is 11.9. The Balaban J connectivity index is 2.82. The molecule has 3 N–H and O–H groups in total. The minimum Gasteiger partial charge on any atom is -0.496 e. The van der Waals surface area contributed by atoms with Crippen LogP contribution in [-0.4, -0.2) is 25.3 Å². The second kappa shape index (κ2) is 6.86. The fourth-order valence-electron chi connectivity index (χ4n) is 1.86. The average Bonchev–Trinajstić information content (AvgIpc) is 2.36. The van der Waals surface area contributed by atoms with Gasteiger partial charge in [0.25, 0.3) is 0 Å². The third-order valence-electron chi connectivity index (χ3n) is 2.74. The Kier molecular flexibility index (Phi) is 5.45. The Morgan fingerprint density at radius 3 is 2.33 bits per heavy atom. The summed E-state index contributed by atoms with van der Waals surface area (Å²) in [4.78, 5) is 10.5. The molecule has 0 amide bonds. The van der Waals surface area contributed by atoms with Crippen LogP contribution < -0.4 is 15.2 Å². The molecule has 18 heavy (non-hydrogen) atoms. The van der Waals surface area contributed by atoms with Gasteiger partial charge >= 0.3 is 5.97 Å². The molecule has 0 aliphatic rings. The van der Waals surface area contributed by atoms with E-state index in [9.17, 15) is 4.79 Å². The van der Waals surface area contributed by atoms with Crippen molar-refractivity contribution in [2.24, 2.45) is 5.73 Å². The molecular formula is C13H19NO4. The number of methoxy groups -OCH3 is 2. The van der Waals surface area contributed by atoms with Crippen molar-refractivity contribution in [3.05, 3.63) is 23.8 Å². The standard InChI is InChI=1S/C13H19NO4/c1-17-10-6-4-7-11(18-2)13(10)9(14)5-3-8-12(15)16/h4,6-7,9H,3,5,8,14H2,1-2H3,(H,15,16). The second-order valence-corrected chi connectivity index (χ2v) is 3.97. The van der Waals surface area contributed by atoms with Crippen LogP contribution in [0.2, 0.25) is 0 Å². The Hall–Kier alpha value is -1.75. The van der Waals surface area contributed by atoms with Crippen molar-refractivity contribution < 1.29 is 19.4 Å². The van der Waals surface area contributed by atoms with Gasteiger partial charge in [0, 0.05) is 12.5 Å². The first-order valence-corrected chi connectivity index (χ1v) is 5.78. The molecule has 1 aromatic carbocycles. The Morgan fingerprint density at radius 2 is 1.89 bits per heavy atom. The number of benzene rings is 1. The first-order chi connectivity index (χ1) is 8.60. The maximum Gasteiger partial charge on any atom is 0.303 e. The predicted molar refractivity (Wildman–Crippen MR) is 68.0 cm³/mol. The summed E-state index contributed by atoms with van der Waals surface area (Å²) in [5.74, 6) is 0.517. The predicted octanol–water partition coefficient (Wildman–Crippen LogP) is 1.96. The number of nitrogens with two attached hydrogens (primary N) is 1. The minimum absolute atomic E-state index is 0.116. The highest BCUT2D eigenvalue weighted by atomic mass is 16.5. The van der Waals surface area contributed by atoms with E-state index in [2.05, 4.69) is 0 Å². The highest BCUT2D eigenvalue weighted by Crippen LogP contribution is 2.34. The summed E-state index contributed by atoms with van der Waals surface area (Å²) in [5.41, 5.74) is 6.87. The monoisotopic (exact) mass is 253 g/mol. The van der Waals surface area contributed by atoms with E-state index in [0.717, 1.165) is 5.56 Å². The first kappa shape index (κ1) is 14.3. The number of carbonyl (C=O) groups is 1. The SMILES string of the molecule is COc1cccc(OC)c1C(N)CCCC(=O)O. The van der Waals surface area contributed by atoms with Crippen LogP contribution >= 0.6 is 0 Å². The van der Waals surface area contributed by atoms with Crippen LogP contribution in [0.5, 0.6) is 11.5 Å². The Labute approximate surface area is 107 Å². The third-order valence-corrected chi connectivity index (χ3v) is 2.74. The fraction of sp³-hybridized carbons (Fsp3) is 0.462. The molecular weight excluding hydrogens is 234 g/mol. The van der Waals surface area contributed by atoms with Crippen molar-refractivity contribution in [1.29, 1.82) is 0 Å². The summed E-state index contributed by atoms with van der Waals surface area (Å²) in [5, 5.41) is 8.61. The molecule has 0 heterocycles. The fourth-order valence-corrected chi connectivity index (χ4v) is 1.86. The van der Waals surface area contributed by atoms with E-state index in [-0.39, 0.29) is 12.5 Å². The minimum atomic E-state index is -0.811. The first-order valence-electron chi connectivity index (χ1n) is 5.78. The number of hydrogen-bond acceptors (Lipinski definition) is 4. The van der Waals surface area contributed by atoms with Crippen LogP contribution in [0.3, 0.4) is 0 Å². The van der Waals surface area contributed by atoms with Gasteiger partial charge in [-0.1, -0.05) is 6.07 Å². The lowest BCUT2D eigenvalue weighted by Gasteiger charge is -2.18. The molecule has 0 radical (unpaired) electrons. The zero-order valence-electron chi connectivity index (χ0n) is 10.7. The van der Waals surface area contributed by atoms with E-state index >= 15 is 0 Å². The topological polar surface area (TPSA) is 81.8 Å². The summed E-state index contributed by atoms with van der Waals surface area (Å²) in [6.07, 6.45) is 1.21. The Morgan fingerprint density at radius 1 is 1.33 bits per heavy atom. The lowest BCUT2D eigenvalue weighted by atomic mass is 10.00. The maximum absolute atomic E-state index is 10.5. The molecule has 1 rings (SSSR count). The quantitative estimate of drug-likeness (QED) is 0.776. The lowest BCUT2D eigenvalue weighted by molar-refractivity contribution is -0.137. The molecule has 0 spiro atoms. The molecule has 0 aliphatic heterocycles. The van der Waals surface area contributed by atoms with Crippen LogP contribution in [-0.2, 0) is 4.79 Å². The number of carboxylic acids is 1. The van der Waals surface area contributed by atoms with Gasteiger partial charge in [0.2, 0.25) is 0 Å². The number of hydrogen-bond donors (Lipinski definition) is 2. The van der Waals surface area contributed by atoms with Crippen LogP contribution in [0.25, 0.3) is 0 Å². The highest BCUT2D eigenvalue weighted by molar-refractivity contribution is 5.66. The van der Waals surface area contributed by atoms with Gasteiger partial charge < -0.3 is 20.3 Å². The molecule has 1 atom stereocenters. The summed E-state index contributed by atoms with van der Waals surface area (Å²) >= 11 is 0. The zero-order valence-corrected chi connectivity index (χ0v) is 10.7. The van der Waals surface area contributed by atoms with E-state index in [4.69, 9.17) is 20.3 Å². The zero-order chi connectivity index (χ0) is 13.5. The number of rotatable bonds is 7. The number of ether oxygens (including phenoxy) is 2. The van der Waals surface area contributed by atoms with Gasteiger partial charge in [-0.25, -0.2) is 0 Å². The summed E-state index contributed by atoms with van der Waals surface area (Å²) < 4.78 is 10.5. The molecule has 0 fully saturated rings. The van der Waals surface area contributed by atoms with Crippen molar-refractivity contribution in [2.75, 3.05) is 14.2 Å². The molecule has 1 aromatic rings. The largest absolute Gasteiger partial charge is 0.496 e. The Bertz CT molecular complexity index is 384. The van der Waals surface area contributed by atoms with Crippen molar-refractivity contribution >= 4 is 5.97 Å². The third kappa shape index (κ3) is 3.63. The second-order valence-electron chi connectivity index (χ2n) is 3.97. The summed E-state index contributed by atoms with van der Waals surface area (Å²) in [7, 11) is 3.14. The average molecular weight is 253 g/mol. The van der Waals surface area contributed by atoms with Gasteiger partial charge in [0.1, 0.15) is 11.5 Å². The van der Waals surface area contributed by atoms with E-state index in [1.807, 2.05) is 18.2 Å². The van der Waals surface area contributed by atoms with Crippen molar-refractivity contribution in [3.63, 3.8) is 0 Å². The van der Waals surface area contributed by atoms with Gasteiger partial charge in [-0.2, -0.15) is 0 Å². The molecule has 0 saturated carbocycles. The molecule has 0 aliphatic carbocycles. The van der Waals surface area contributed by atoms with E-state index in [1.54, 1.807) is 14.2 Å². The van der Waals surface area contributed by atoms with Gasteiger partial charge in [-0.05, 0) is 25.0 Å². The molecule has 100 valence electrons. The summed E-state index contributed by atoms with van der Waals surface area (Å²) in [6, 6.07) is 5.16. The van der Waals surface area contributed by atoms with E-state index < -0.39 is 5.97 Å². The van der Waals surface area contributed by atoms with Crippen LogP contribution in [0.15, 0.2) is 18.2 Å². The number of carboxylic acid groups (broad SMARTS) is 1. The van der Waals surface area contributed by atoms with Gasteiger partial charge in [-0.3, -0.25) is 4.79 Å². The molecule has 0 saturated heterocycles. The molecule has 1 unspecified atom stereocenters.